The minimum atomic E-state index is 0.838. The van der Waals surface area contributed by atoms with Gasteiger partial charge in [-0.2, -0.15) is 0 Å². The van der Waals surface area contributed by atoms with Gasteiger partial charge in [-0.15, -0.1) is 6.58 Å². The maximum absolute atomic E-state index is 3.99. The van der Waals surface area contributed by atoms with E-state index in [0.717, 1.165) is 12.5 Å². The minimum Gasteiger partial charge on any atom is -0.101 e. The van der Waals surface area contributed by atoms with Crippen LogP contribution >= 0.6 is 0 Å². The largest absolute Gasteiger partial charge is 0.144 e. The second kappa shape index (κ2) is 2.59. The Labute approximate surface area is 58.4 Å². The molecule has 0 nitrogen and oxygen atoms in total. The summed E-state index contributed by atoms with van der Waals surface area (Å²) in [6, 6.07) is 0. The molecule has 0 saturated carbocycles. The number of allylic oxidation sites excluding steroid dienone is 1. The lowest BCUT2D eigenvalue weighted by Crippen LogP contribution is -2.08. The van der Waals surface area contributed by atoms with Crippen molar-refractivity contribution in [2.24, 2.45) is 0 Å². The highest BCUT2D eigenvalue weighted by atomic mass is 14.1. The van der Waals surface area contributed by atoms with Gasteiger partial charge in [0.1, 0.15) is 6.71 Å². The van der Waals surface area contributed by atoms with Crippen LogP contribution in [-0.4, -0.2) is 6.71 Å². The summed E-state index contributed by atoms with van der Waals surface area (Å²) in [6.45, 7) is 9.39. The van der Waals surface area contributed by atoms with E-state index >= 15 is 0 Å². The van der Waals surface area contributed by atoms with Gasteiger partial charge in [-0.1, -0.05) is 31.6 Å². The van der Waals surface area contributed by atoms with Crippen molar-refractivity contribution in [1.29, 1.82) is 0 Å². The molecule has 0 radical (unpaired) electrons. The Balaban J connectivity index is 2.49. The van der Waals surface area contributed by atoms with E-state index in [1.54, 1.807) is 0 Å². The Hall–Kier alpha value is -0.195. The van der Waals surface area contributed by atoms with Crippen LogP contribution in [0, 0.1) is 0 Å². The van der Waals surface area contributed by atoms with Crippen LogP contribution in [0.1, 0.15) is 19.8 Å². The van der Waals surface area contributed by atoms with Crippen LogP contribution in [0.5, 0.6) is 0 Å². The SMILES string of the molecule is C=C(C)C1CCCB1C. The zero-order valence-electron chi connectivity index (χ0n) is 6.48. The topological polar surface area (TPSA) is 0 Å². The Morgan fingerprint density at radius 2 is 2.33 bits per heavy atom. The molecule has 1 unspecified atom stereocenters. The maximum Gasteiger partial charge on any atom is 0.144 e. The first-order valence-electron chi connectivity index (χ1n) is 3.87. The van der Waals surface area contributed by atoms with Crippen LogP contribution in [0.15, 0.2) is 12.2 Å². The predicted octanol–water partition coefficient (Wildman–Crippen LogP) is 2.85. The van der Waals surface area contributed by atoms with E-state index in [1.165, 1.54) is 24.7 Å². The first kappa shape index (κ1) is 6.92. The highest BCUT2D eigenvalue weighted by Crippen LogP contribution is 2.35. The van der Waals surface area contributed by atoms with Gasteiger partial charge in [0.25, 0.3) is 0 Å². The first-order chi connectivity index (χ1) is 4.22. The van der Waals surface area contributed by atoms with Gasteiger partial charge in [0.15, 0.2) is 0 Å². The van der Waals surface area contributed by atoms with Crippen molar-refractivity contribution < 1.29 is 0 Å². The standard InChI is InChI=1S/C8H15B/c1-7(2)8-5-4-6-9(8)3/h8H,1,4-6H2,2-3H3. The molecule has 50 valence electrons. The molecular formula is C8H15B. The highest BCUT2D eigenvalue weighted by molar-refractivity contribution is 6.60. The van der Waals surface area contributed by atoms with Gasteiger partial charge >= 0.3 is 0 Å². The Morgan fingerprint density at radius 3 is 2.56 bits per heavy atom. The van der Waals surface area contributed by atoms with Gasteiger partial charge in [-0.25, -0.2) is 0 Å². The number of hydrogen-bond donors (Lipinski definition) is 0. The lowest BCUT2D eigenvalue weighted by molar-refractivity contribution is 0.837. The third-order valence-electron chi connectivity index (χ3n) is 2.49. The maximum atomic E-state index is 3.99. The third-order valence-corrected chi connectivity index (χ3v) is 2.49. The zero-order valence-corrected chi connectivity index (χ0v) is 6.48. The summed E-state index contributed by atoms with van der Waals surface area (Å²) >= 11 is 0. The fraction of sp³-hybridized carbons (Fsp3) is 0.750. The fourth-order valence-corrected chi connectivity index (χ4v) is 1.88. The Bertz CT molecular complexity index is 118. The van der Waals surface area contributed by atoms with E-state index in [1.807, 2.05) is 0 Å². The quantitative estimate of drug-likeness (QED) is 0.370. The van der Waals surface area contributed by atoms with Crippen molar-refractivity contribution >= 4 is 6.71 Å². The summed E-state index contributed by atoms with van der Waals surface area (Å²) in [6.07, 6.45) is 4.22. The first-order valence-corrected chi connectivity index (χ1v) is 3.87. The van der Waals surface area contributed by atoms with Crippen LogP contribution in [0.3, 0.4) is 0 Å². The molecule has 1 rings (SSSR count). The molecule has 1 atom stereocenters. The van der Waals surface area contributed by atoms with Crippen molar-refractivity contribution in [3.63, 3.8) is 0 Å². The molecule has 0 bridgehead atoms. The molecule has 0 spiro atoms. The second-order valence-electron chi connectivity index (χ2n) is 3.36. The lowest BCUT2D eigenvalue weighted by Gasteiger charge is -2.11. The van der Waals surface area contributed by atoms with E-state index in [-0.39, 0.29) is 0 Å². The molecule has 0 aromatic rings. The number of rotatable bonds is 1. The molecule has 0 N–H and O–H groups in total. The molecule has 1 aliphatic heterocycles. The van der Waals surface area contributed by atoms with Crippen molar-refractivity contribution in [3.8, 4) is 0 Å². The zero-order chi connectivity index (χ0) is 6.85. The van der Waals surface area contributed by atoms with Gasteiger partial charge in [-0.3, -0.25) is 0 Å². The van der Waals surface area contributed by atoms with Crippen LogP contribution in [0.4, 0.5) is 0 Å². The summed E-state index contributed by atoms with van der Waals surface area (Å²) in [5.74, 6) is 0.838. The highest BCUT2D eigenvalue weighted by Gasteiger charge is 2.26. The molecule has 1 aliphatic rings. The lowest BCUT2D eigenvalue weighted by atomic mass is 9.43. The van der Waals surface area contributed by atoms with Crippen molar-refractivity contribution in [1.82, 2.24) is 0 Å². The van der Waals surface area contributed by atoms with E-state index in [4.69, 9.17) is 0 Å². The molecule has 1 heteroatoms. The van der Waals surface area contributed by atoms with Crippen molar-refractivity contribution in [2.75, 3.05) is 0 Å². The Morgan fingerprint density at radius 1 is 1.67 bits per heavy atom. The fourth-order valence-electron chi connectivity index (χ4n) is 1.88. The van der Waals surface area contributed by atoms with Crippen molar-refractivity contribution in [3.05, 3.63) is 12.2 Å². The summed E-state index contributed by atoms with van der Waals surface area (Å²) < 4.78 is 0. The van der Waals surface area contributed by atoms with Crippen LogP contribution < -0.4 is 0 Å². The van der Waals surface area contributed by atoms with Gasteiger partial charge in [-0.05, 0) is 12.7 Å². The van der Waals surface area contributed by atoms with E-state index in [0.29, 0.717) is 0 Å². The molecule has 1 heterocycles. The molecular weight excluding hydrogens is 107 g/mol. The van der Waals surface area contributed by atoms with Gasteiger partial charge < -0.3 is 0 Å². The van der Waals surface area contributed by atoms with E-state index < -0.39 is 0 Å². The van der Waals surface area contributed by atoms with Crippen LogP contribution in [-0.2, 0) is 0 Å². The molecule has 0 aromatic carbocycles. The van der Waals surface area contributed by atoms with Gasteiger partial charge in [0, 0.05) is 0 Å². The minimum absolute atomic E-state index is 0.838. The molecule has 1 fully saturated rings. The van der Waals surface area contributed by atoms with Crippen LogP contribution in [0.2, 0.25) is 19.0 Å². The molecule has 0 aromatic heterocycles. The summed E-state index contributed by atoms with van der Waals surface area (Å²) in [7, 11) is 0. The van der Waals surface area contributed by atoms with Gasteiger partial charge in [0.2, 0.25) is 0 Å². The van der Waals surface area contributed by atoms with Crippen molar-refractivity contribution in [2.45, 2.75) is 38.7 Å². The summed E-state index contributed by atoms with van der Waals surface area (Å²) in [5, 5.41) is 0. The van der Waals surface area contributed by atoms with Crippen LogP contribution in [0.25, 0.3) is 0 Å². The monoisotopic (exact) mass is 122 g/mol. The number of hydrogen-bond acceptors (Lipinski definition) is 0. The molecule has 0 amide bonds. The van der Waals surface area contributed by atoms with Gasteiger partial charge in [0.05, 0.1) is 0 Å². The molecule has 1 saturated heterocycles. The second-order valence-corrected chi connectivity index (χ2v) is 3.36. The average molecular weight is 122 g/mol. The summed E-state index contributed by atoms with van der Waals surface area (Å²) in [5.41, 5.74) is 1.39. The third kappa shape index (κ3) is 1.38. The predicted molar refractivity (Wildman–Crippen MR) is 44.2 cm³/mol. The van der Waals surface area contributed by atoms with E-state index in [9.17, 15) is 0 Å². The Kier molecular flexibility index (Phi) is 1.99. The molecule has 0 aliphatic carbocycles. The normalized spacial score (nSPS) is 26.9. The molecule has 9 heavy (non-hydrogen) atoms. The summed E-state index contributed by atoms with van der Waals surface area (Å²) in [4.78, 5) is 0. The smallest absolute Gasteiger partial charge is 0.101 e. The van der Waals surface area contributed by atoms with E-state index in [2.05, 4.69) is 20.3 Å². The average Bonchev–Trinajstić information content (AvgIpc) is 2.13.